The third-order valence-corrected chi connectivity index (χ3v) is 1.92. The fourth-order valence-corrected chi connectivity index (χ4v) is 1.26. The highest BCUT2D eigenvalue weighted by atomic mass is 19.1. The van der Waals surface area contributed by atoms with E-state index in [9.17, 15) is 14.5 Å². The van der Waals surface area contributed by atoms with Crippen molar-refractivity contribution in [2.75, 3.05) is 0 Å². The monoisotopic (exact) mass is 187 g/mol. The van der Waals surface area contributed by atoms with Gasteiger partial charge in [-0.1, -0.05) is 0 Å². The van der Waals surface area contributed by atoms with E-state index in [1.165, 1.54) is 6.92 Å². The lowest BCUT2D eigenvalue weighted by Crippen LogP contribution is -2.14. The van der Waals surface area contributed by atoms with Gasteiger partial charge in [0.2, 0.25) is 0 Å². The molecule has 1 rings (SSSR count). The molecule has 0 spiro atoms. The summed E-state index contributed by atoms with van der Waals surface area (Å²) >= 11 is 0. The molecule has 4 nitrogen and oxygen atoms in total. The summed E-state index contributed by atoms with van der Waals surface area (Å²) < 4.78 is 12.7. The van der Waals surface area contributed by atoms with Crippen molar-refractivity contribution in [1.82, 2.24) is 0 Å². The predicted molar refractivity (Wildman–Crippen MR) is 44.1 cm³/mol. The molecule has 1 aliphatic rings. The number of hydrogen-bond acceptors (Lipinski definition) is 3. The summed E-state index contributed by atoms with van der Waals surface area (Å²) in [6.45, 7) is 1.38. The molecule has 1 unspecified atom stereocenters. The van der Waals surface area contributed by atoms with Gasteiger partial charge in [-0.05, 0) is 13.0 Å². The first-order valence-electron chi connectivity index (χ1n) is 3.94. The summed E-state index contributed by atoms with van der Waals surface area (Å²) in [5.74, 6) is -0.415. The van der Waals surface area contributed by atoms with Gasteiger partial charge in [-0.3, -0.25) is 10.1 Å². The standard InChI is InChI=1S/C8H10FNO3/c1-5(11)7-4-6(9)2-3-8(7)10(12)13/h4-5,11H,2-3H2,1H3. The Balaban J connectivity index is 3.08. The van der Waals surface area contributed by atoms with Gasteiger partial charge >= 0.3 is 0 Å². The lowest BCUT2D eigenvalue weighted by atomic mass is 9.99. The van der Waals surface area contributed by atoms with Gasteiger partial charge in [-0.2, -0.15) is 0 Å². The van der Waals surface area contributed by atoms with Crippen LogP contribution in [0.4, 0.5) is 4.39 Å². The van der Waals surface area contributed by atoms with Crippen LogP contribution >= 0.6 is 0 Å². The number of halogens is 1. The summed E-state index contributed by atoms with van der Waals surface area (Å²) in [7, 11) is 0. The molecule has 0 bridgehead atoms. The number of aliphatic hydroxyl groups is 1. The largest absolute Gasteiger partial charge is 0.388 e. The zero-order valence-corrected chi connectivity index (χ0v) is 7.16. The highest BCUT2D eigenvalue weighted by molar-refractivity contribution is 5.30. The van der Waals surface area contributed by atoms with Crippen molar-refractivity contribution in [2.45, 2.75) is 25.9 Å². The van der Waals surface area contributed by atoms with E-state index < -0.39 is 16.9 Å². The van der Waals surface area contributed by atoms with E-state index in [-0.39, 0.29) is 24.1 Å². The van der Waals surface area contributed by atoms with Crippen molar-refractivity contribution in [3.63, 3.8) is 0 Å². The van der Waals surface area contributed by atoms with Crippen molar-refractivity contribution in [3.8, 4) is 0 Å². The molecular formula is C8H10FNO3. The molecule has 1 N–H and O–H groups in total. The van der Waals surface area contributed by atoms with Crippen molar-refractivity contribution in [2.24, 2.45) is 0 Å². The predicted octanol–water partition coefficient (Wildman–Crippen LogP) is 1.55. The van der Waals surface area contributed by atoms with Gasteiger partial charge in [-0.25, -0.2) is 4.39 Å². The maximum absolute atomic E-state index is 12.7. The molecule has 0 aromatic carbocycles. The number of rotatable bonds is 2. The van der Waals surface area contributed by atoms with Crippen molar-refractivity contribution < 1.29 is 14.4 Å². The highest BCUT2D eigenvalue weighted by Crippen LogP contribution is 2.26. The van der Waals surface area contributed by atoms with Crippen LogP contribution in [0.5, 0.6) is 0 Å². The number of hydrogen-bond donors (Lipinski definition) is 1. The lowest BCUT2D eigenvalue weighted by Gasteiger charge is -2.12. The van der Waals surface area contributed by atoms with Crippen molar-refractivity contribution in [1.29, 1.82) is 0 Å². The fourth-order valence-electron chi connectivity index (χ4n) is 1.26. The number of aliphatic hydroxyl groups excluding tert-OH is 1. The second kappa shape index (κ2) is 3.66. The second-order valence-electron chi connectivity index (χ2n) is 2.93. The molecule has 0 fully saturated rings. The van der Waals surface area contributed by atoms with E-state index in [0.717, 1.165) is 6.08 Å². The van der Waals surface area contributed by atoms with Crippen molar-refractivity contribution in [3.05, 3.63) is 33.3 Å². The summed E-state index contributed by atoms with van der Waals surface area (Å²) in [6.07, 6.45) is 0.153. The van der Waals surface area contributed by atoms with Gasteiger partial charge in [0.1, 0.15) is 5.83 Å². The van der Waals surface area contributed by atoms with Gasteiger partial charge in [0.25, 0.3) is 5.70 Å². The molecule has 0 amide bonds. The molecule has 0 saturated heterocycles. The van der Waals surface area contributed by atoms with Crippen LogP contribution in [0, 0.1) is 10.1 Å². The molecule has 13 heavy (non-hydrogen) atoms. The number of nitro groups is 1. The average Bonchev–Trinajstić information content (AvgIpc) is 2.03. The van der Waals surface area contributed by atoms with Crippen LogP contribution in [0.25, 0.3) is 0 Å². The molecule has 1 atom stereocenters. The highest BCUT2D eigenvalue weighted by Gasteiger charge is 2.25. The van der Waals surface area contributed by atoms with Crippen LogP contribution in [0.3, 0.4) is 0 Å². The smallest absolute Gasteiger partial charge is 0.252 e. The molecule has 0 aromatic heterocycles. The summed E-state index contributed by atoms with van der Waals surface area (Å²) in [5.41, 5.74) is -0.00912. The van der Waals surface area contributed by atoms with E-state index in [2.05, 4.69) is 0 Å². The zero-order valence-electron chi connectivity index (χ0n) is 7.16. The van der Waals surface area contributed by atoms with Gasteiger partial charge < -0.3 is 5.11 Å². The van der Waals surface area contributed by atoms with E-state index in [1.54, 1.807) is 0 Å². The minimum absolute atomic E-state index is 0.0481. The Kier molecular flexibility index (Phi) is 2.77. The first-order valence-corrected chi connectivity index (χ1v) is 3.94. The Morgan fingerprint density at radius 1 is 1.69 bits per heavy atom. The van der Waals surface area contributed by atoms with Crippen molar-refractivity contribution >= 4 is 0 Å². The Bertz CT molecular complexity index is 294. The Hall–Kier alpha value is -1.23. The Morgan fingerprint density at radius 3 is 2.77 bits per heavy atom. The van der Waals surface area contributed by atoms with Crippen LogP contribution in [0.2, 0.25) is 0 Å². The number of allylic oxidation sites excluding steroid dienone is 2. The molecule has 0 radical (unpaired) electrons. The lowest BCUT2D eigenvalue weighted by molar-refractivity contribution is -0.429. The van der Waals surface area contributed by atoms with Gasteiger partial charge in [0.15, 0.2) is 0 Å². The van der Waals surface area contributed by atoms with E-state index in [1.807, 2.05) is 0 Å². The minimum atomic E-state index is -0.994. The Morgan fingerprint density at radius 2 is 2.31 bits per heavy atom. The van der Waals surface area contributed by atoms with Crippen LogP contribution < -0.4 is 0 Å². The van der Waals surface area contributed by atoms with E-state index in [0.29, 0.717) is 0 Å². The second-order valence-corrected chi connectivity index (χ2v) is 2.93. The average molecular weight is 187 g/mol. The van der Waals surface area contributed by atoms with Gasteiger partial charge in [0.05, 0.1) is 16.6 Å². The molecule has 0 aliphatic heterocycles. The van der Waals surface area contributed by atoms with Crippen LogP contribution in [0.15, 0.2) is 23.2 Å². The van der Waals surface area contributed by atoms with Crippen LogP contribution in [0.1, 0.15) is 19.8 Å². The normalized spacial score (nSPS) is 19.8. The summed E-state index contributed by atoms with van der Waals surface area (Å²) in [6, 6.07) is 0. The molecule has 0 aromatic rings. The fraction of sp³-hybridized carbons (Fsp3) is 0.500. The first kappa shape index (κ1) is 9.85. The van der Waals surface area contributed by atoms with E-state index >= 15 is 0 Å². The van der Waals surface area contributed by atoms with Crippen LogP contribution in [-0.2, 0) is 0 Å². The molecule has 1 aliphatic carbocycles. The third kappa shape index (κ3) is 2.12. The molecule has 0 heterocycles. The van der Waals surface area contributed by atoms with Crippen LogP contribution in [-0.4, -0.2) is 16.1 Å². The topological polar surface area (TPSA) is 63.4 Å². The molecule has 72 valence electrons. The molecule has 0 saturated carbocycles. The third-order valence-electron chi connectivity index (χ3n) is 1.92. The summed E-state index contributed by atoms with van der Waals surface area (Å²) in [5, 5.41) is 19.6. The summed E-state index contributed by atoms with van der Waals surface area (Å²) in [4.78, 5) is 9.90. The Labute approximate surface area is 74.5 Å². The molecular weight excluding hydrogens is 177 g/mol. The van der Waals surface area contributed by atoms with E-state index in [4.69, 9.17) is 5.11 Å². The minimum Gasteiger partial charge on any atom is -0.388 e. The SMILES string of the molecule is CC(O)C1=C([N+](=O)[O-])CCC(F)=C1. The first-order chi connectivity index (χ1) is 6.02. The number of nitrogens with zero attached hydrogens (tertiary/aromatic N) is 1. The van der Waals surface area contributed by atoms with Gasteiger partial charge in [-0.15, -0.1) is 0 Å². The zero-order chi connectivity index (χ0) is 10.0. The maximum atomic E-state index is 12.7. The quantitative estimate of drug-likeness (QED) is 0.526. The maximum Gasteiger partial charge on any atom is 0.252 e. The van der Waals surface area contributed by atoms with Gasteiger partial charge in [0, 0.05) is 12.8 Å². The molecule has 5 heteroatoms.